The van der Waals surface area contributed by atoms with E-state index in [4.69, 9.17) is 32.7 Å². The van der Waals surface area contributed by atoms with E-state index in [2.05, 4.69) is 15.6 Å². The molecular weight excluding hydrogens is 542 g/mol. The number of nitrogens with zero attached hydrogens (tertiary/aromatic N) is 2. The second-order valence-corrected chi connectivity index (χ2v) is 7.88. The van der Waals surface area contributed by atoms with Crippen LogP contribution in [0.4, 0.5) is 0 Å². The van der Waals surface area contributed by atoms with E-state index in [0.29, 0.717) is 42.3 Å². The molecule has 1 aromatic carbocycles. The third-order valence-corrected chi connectivity index (χ3v) is 5.04. The maximum absolute atomic E-state index is 11.8. The van der Waals surface area contributed by atoms with Crippen molar-refractivity contribution in [3.8, 4) is 0 Å². The lowest BCUT2D eigenvalue weighted by molar-refractivity contribution is -0.127. The Hall–Kier alpha value is -0.810. The summed E-state index contributed by atoms with van der Waals surface area (Å²) in [5.74, 6) is 0.510. The van der Waals surface area contributed by atoms with Crippen molar-refractivity contribution in [3.63, 3.8) is 0 Å². The molecule has 1 fully saturated rings. The van der Waals surface area contributed by atoms with Crippen LogP contribution in [0.3, 0.4) is 0 Å². The first-order valence-corrected chi connectivity index (χ1v) is 10.6. The summed E-state index contributed by atoms with van der Waals surface area (Å²) in [7, 11) is 3.42. The van der Waals surface area contributed by atoms with Crippen LogP contribution in [0.2, 0.25) is 10.0 Å². The van der Waals surface area contributed by atoms with Crippen LogP contribution in [-0.2, 0) is 20.9 Å². The minimum atomic E-state index is -0.0614. The molecule has 1 saturated heterocycles. The van der Waals surface area contributed by atoms with E-state index in [1.165, 1.54) is 11.3 Å². The number of likely N-dealkylation sites (N-methyl/N-ethyl adjacent to an activating group) is 1. The zero-order valence-electron chi connectivity index (χ0n) is 17.5. The molecular formula is C20H31Cl2IN4O3. The molecule has 0 bridgehead atoms. The Bertz CT molecular complexity index is 686. The average molecular weight is 573 g/mol. The van der Waals surface area contributed by atoms with Crippen molar-refractivity contribution in [2.24, 2.45) is 4.99 Å². The van der Waals surface area contributed by atoms with Crippen LogP contribution in [0.25, 0.3) is 0 Å². The van der Waals surface area contributed by atoms with Crippen molar-refractivity contribution in [2.45, 2.75) is 32.0 Å². The summed E-state index contributed by atoms with van der Waals surface area (Å²) in [6, 6.07) is 5.33. The number of hydrogen-bond acceptors (Lipinski definition) is 4. The Balaban J connectivity index is 0.00000450. The topological polar surface area (TPSA) is 75.2 Å². The molecule has 10 heteroatoms. The van der Waals surface area contributed by atoms with Crippen molar-refractivity contribution >= 4 is 59.0 Å². The highest BCUT2D eigenvalue weighted by molar-refractivity contribution is 14.0. The number of aliphatic imine (C=N–C) groups is 1. The summed E-state index contributed by atoms with van der Waals surface area (Å²) >= 11 is 12.0. The lowest BCUT2D eigenvalue weighted by atomic mass is 10.1. The number of halogens is 3. The molecule has 0 saturated carbocycles. The van der Waals surface area contributed by atoms with E-state index in [-0.39, 0.29) is 42.5 Å². The Morgan fingerprint density at radius 1 is 1.30 bits per heavy atom. The molecule has 1 aliphatic rings. The van der Waals surface area contributed by atoms with Gasteiger partial charge in [0.15, 0.2) is 5.96 Å². The normalized spacial score (nSPS) is 16.5. The largest absolute Gasteiger partial charge is 0.376 e. The van der Waals surface area contributed by atoms with Gasteiger partial charge in [0.25, 0.3) is 0 Å². The van der Waals surface area contributed by atoms with Gasteiger partial charge < -0.3 is 25.0 Å². The van der Waals surface area contributed by atoms with Crippen molar-refractivity contribution in [1.29, 1.82) is 0 Å². The number of rotatable bonds is 9. The third-order valence-electron chi connectivity index (χ3n) is 4.45. The minimum absolute atomic E-state index is 0. The molecule has 0 spiro atoms. The fraction of sp³-hybridized carbons (Fsp3) is 0.600. The zero-order chi connectivity index (χ0) is 21.1. The number of benzene rings is 1. The second kappa shape index (κ2) is 15.1. The van der Waals surface area contributed by atoms with Gasteiger partial charge >= 0.3 is 0 Å². The van der Waals surface area contributed by atoms with Gasteiger partial charge in [-0.3, -0.25) is 4.79 Å². The highest BCUT2D eigenvalue weighted by atomic mass is 127. The van der Waals surface area contributed by atoms with E-state index < -0.39 is 0 Å². The Labute approximate surface area is 205 Å². The van der Waals surface area contributed by atoms with Crippen molar-refractivity contribution in [1.82, 2.24) is 15.5 Å². The van der Waals surface area contributed by atoms with Crippen LogP contribution in [0.5, 0.6) is 0 Å². The van der Waals surface area contributed by atoms with Crippen molar-refractivity contribution in [3.05, 3.63) is 33.8 Å². The highest BCUT2D eigenvalue weighted by Crippen LogP contribution is 2.21. The maximum atomic E-state index is 11.8. The van der Waals surface area contributed by atoms with Gasteiger partial charge in [0.05, 0.1) is 19.3 Å². The highest BCUT2D eigenvalue weighted by Gasteiger charge is 2.14. The van der Waals surface area contributed by atoms with E-state index in [1.54, 1.807) is 26.2 Å². The minimum Gasteiger partial charge on any atom is -0.376 e. The number of ether oxygens (including phenoxy) is 2. The lowest BCUT2D eigenvalue weighted by Gasteiger charge is -2.24. The number of carbonyl (C=O) groups is 1. The number of amides is 1. The van der Waals surface area contributed by atoms with Gasteiger partial charge in [-0.25, -0.2) is 4.99 Å². The molecule has 2 N–H and O–H groups in total. The van der Waals surface area contributed by atoms with Gasteiger partial charge in [0, 0.05) is 43.8 Å². The van der Waals surface area contributed by atoms with Crippen LogP contribution in [0.1, 0.15) is 24.8 Å². The summed E-state index contributed by atoms with van der Waals surface area (Å²) in [6.07, 6.45) is 3.49. The zero-order valence-corrected chi connectivity index (χ0v) is 21.3. The van der Waals surface area contributed by atoms with Gasteiger partial charge in [-0.15, -0.1) is 24.0 Å². The number of nitrogens with one attached hydrogen (secondary N) is 2. The van der Waals surface area contributed by atoms with E-state index in [0.717, 1.165) is 25.0 Å². The molecule has 0 aliphatic carbocycles. The quantitative estimate of drug-likeness (QED) is 0.205. The second-order valence-electron chi connectivity index (χ2n) is 7.04. The first-order chi connectivity index (χ1) is 14.0. The van der Waals surface area contributed by atoms with Gasteiger partial charge in [0.2, 0.25) is 5.91 Å². The molecule has 1 aromatic rings. The molecule has 7 nitrogen and oxygen atoms in total. The standard InChI is InChI=1S/C20H30Cl2N4O3.HI/c1-26(2)19(27)13-25-20(24-12-17-5-3-4-9-29-17)23-8-10-28-14-15-6-7-16(21)11-18(15)22;/h6-7,11,17H,3-5,8-10,12-14H2,1-2H3,(H2,23,24,25);1H. The predicted molar refractivity (Wildman–Crippen MR) is 132 cm³/mol. The molecule has 1 heterocycles. The molecule has 0 aromatic heterocycles. The van der Waals surface area contributed by atoms with Gasteiger partial charge in [-0.05, 0) is 37.0 Å². The molecule has 170 valence electrons. The number of carbonyl (C=O) groups excluding carboxylic acids is 1. The Morgan fingerprint density at radius 3 is 2.77 bits per heavy atom. The summed E-state index contributed by atoms with van der Waals surface area (Å²) in [4.78, 5) is 17.7. The molecule has 0 radical (unpaired) electrons. The summed E-state index contributed by atoms with van der Waals surface area (Å²) in [5.41, 5.74) is 0.883. The van der Waals surface area contributed by atoms with E-state index >= 15 is 0 Å². The van der Waals surface area contributed by atoms with E-state index in [1.807, 2.05) is 6.07 Å². The van der Waals surface area contributed by atoms with Crippen molar-refractivity contribution < 1.29 is 14.3 Å². The van der Waals surface area contributed by atoms with Crippen LogP contribution in [0.15, 0.2) is 23.2 Å². The van der Waals surface area contributed by atoms with Gasteiger partial charge in [0.1, 0.15) is 6.54 Å². The lowest BCUT2D eigenvalue weighted by Crippen LogP contribution is -2.44. The molecule has 1 aliphatic heterocycles. The first kappa shape index (κ1) is 27.2. The maximum Gasteiger partial charge on any atom is 0.243 e. The van der Waals surface area contributed by atoms with Crippen LogP contribution in [-0.4, -0.2) is 69.8 Å². The Morgan fingerprint density at radius 2 is 2.10 bits per heavy atom. The summed E-state index contributed by atoms with van der Waals surface area (Å²) in [5, 5.41) is 7.64. The Kier molecular flexibility index (Phi) is 13.7. The van der Waals surface area contributed by atoms with Crippen LogP contribution in [0, 0.1) is 0 Å². The SMILES string of the molecule is CN(C)C(=O)CN=C(NCCOCc1ccc(Cl)cc1Cl)NCC1CCCCO1.I. The smallest absolute Gasteiger partial charge is 0.243 e. The monoisotopic (exact) mass is 572 g/mol. The van der Waals surface area contributed by atoms with Crippen LogP contribution < -0.4 is 10.6 Å². The van der Waals surface area contributed by atoms with Crippen molar-refractivity contribution in [2.75, 3.05) is 46.9 Å². The third kappa shape index (κ3) is 10.5. The number of guanidine groups is 1. The fourth-order valence-electron chi connectivity index (χ4n) is 2.70. The molecule has 1 amide bonds. The average Bonchev–Trinajstić information content (AvgIpc) is 2.71. The number of hydrogen-bond donors (Lipinski definition) is 2. The molecule has 30 heavy (non-hydrogen) atoms. The summed E-state index contributed by atoms with van der Waals surface area (Å²) < 4.78 is 11.4. The summed E-state index contributed by atoms with van der Waals surface area (Å²) in [6.45, 7) is 2.93. The van der Waals surface area contributed by atoms with E-state index in [9.17, 15) is 4.79 Å². The van der Waals surface area contributed by atoms with Crippen LogP contribution >= 0.6 is 47.2 Å². The molecule has 2 rings (SSSR count). The van der Waals surface area contributed by atoms with Gasteiger partial charge in [-0.2, -0.15) is 0 Å². The first-order valence-electron chi connectivity index (χ1n) is 9.81. The molecule has 1 atom stereocenters. The molecule has 1 unspecified atom stereocenters. The van der Waals surface area contributed by atoms with Gasteiger partial charge in [-0.1, -0.05) is 29.3 Å². The predicted octanol–water partition coefficient (Wildman–Crippen LogP) is 3.32. The fourth-order valence-corrected chi connectivity index (χ4v) is 3.17.